The van der Waals surface area contributed by atoms with E-state index in [1.165, 1.54) is 5.57 Å². The number of rotatable bonds is 1. The van der Waals surface area contributed by atoms with E-state index in [1.807, 2.05) is 0 Å². The summed E-state index contributed by atoms with van der Waals surface area (Å²) in [6.07, 6.45) is 6.90. The van der Waals surface area contributed by atoms with Gasteiger partial charge in [-0.1, -0.05) is 11.6 Å². The Balaban J connectivity index is 1.95. The summed E-state index contributed by atoms with van der Waals surface area (Å²) < 4.78 is 5.32. The van der Waals surface area contributed by atoms with Crippen LogP contribution in [0.15, 0.2) is 11.6 Å². The summed E-state index contributed by atoms with van der Waals surface area (Å²) >= 11 is 0. The molecule has 13 heavy (non-hydrogen) atoms. The lowest BCUT2D eigenvalue weighted by Gasteiger charge is -2.26. The van der Waals surface area contributed by atoms with Gasteiger partial charge in [0.1, 0.15) is 5.78 Å². The first kappa shape index (κ1) is 8.95. The number of hydrogen-bond donors (Lipinski definition) is 0. The molecular formula is C11H16O2. The highest BCUT2D eigenvalue weighted by Gasteiger charge is 2.20. The van der Waals surface area contributed by atoms with Crippen LogP contribution in [-0.4, -0.2) is 19.0 Å². The third-order valence-corrected chi connectivity index (χ3v) is 3.03. The lowest BCUT2D eigenvalue weighted by atomic mass is 9.84. The van der Waals surface area contributed by atoms with Crippen LogP contribution in [0.2, 0.25) is 0 Å². The SMILES string of the molecule is O=C1CC=C(C2CCOCC2)CC1. The highest BCUT2D eigenvalue weighted by molar-refractivity contribution is 5.81. The van der Waals surface area contributed by atoms with Crippen molar-refractivity contribution in [2.24, 2.45) is 5.92 Å². The third kappa shape index (κ3) is 2.19. The fraction of sp³-hybridized carbons (Fsp3) is 0.727. The van der Waals surface area contributed by atoms with E-state index < -0.39 is 0 Å². The standard InChI is InChI=1S/C11H16O2/c12-11-3-1-9(2-4-11)10-5-7-13-8-6-10/h1,10H,2-8H2. The molecule has 0 radical (unpaired) electrons. The molecule has 2 nitrogen and oxygen atoms in total. The van der Waals surface area contributed by atoms with Gasteiger partial charge in [-0.3, -0.25) is 4.79 Å². The predicted molar refractivity (Wildman–Crippen MR) is 50.5 cm³/mol. The maximum atomic E-state index is 11.0. The Kier molecular flexibility index (Phi) is 2.79. The normalized spacial score (nSPS) is 25.8. The van der Waals surface area contributed by atoms with Crippen LogP contribution >= 0.6 is 0 Å². The molecule has 0 aromatic carbocycles. The second-order valence-corrected chi connectivity index (χ2v) is 3.91. The number of ketones is 1. The van der Waals surface area contributed by atoms with Gasteiger partial charge < -0.3 is 4.74 Å². The van der Waals surface area contributed by atoms with Crippen molar-refractivity contribution in [2.75, 3.05) is 13.2 Å². The molecule has 2 rings (SSSR count). The predicted octanol–water partition coefficient (Wildman–Crippen LogP) is 2.09. The summed E-state index contributed by atoms with van der Waals surface area (Å²) in [6, 6.07) is 0. The Morgan fingerprint density at radius 3 is 2.62 bits per heavy atom. The quantitative estimate of drug-likeness (QED) is 0.577. The van der Waals surface area contributed by atoms with E-state index in [9.17, 15) is 4.79 Å². The Morgan fingerprint density at radius 1 is 1.23 bits per heavy atom. The maximum Gasteiger partial charge on any atom is 0.136 e. The van der Waals surface area contributed by atoms with Crippen molar-refractivity contribution >= 4 is 5.78 Å². The van der Waals surface area contributed by atoms with Crippen molar-refractivity contribution < 1.29 is 9.53 Å². The second kappa shape index (κ2) is 4.05. The van der Waals surface area contributed by atoms with E-state index in [0.29, 0.717) is 18.1 Å². The molecule has 0 spiro atoms. The van der Waals surface area contributed by atoms with Crippen LogP contribution in [0.25, 0.3) is 0 Å². The van der Waals surface area contributed by atoms with Crippen molar-refractivity contribution in [3.05, 3.63) is 11.6 Å². The smallest absolute Gasteiger partial charge is 0.136 e. The van der Waals surface area contributed by atoms with E-state index in [4.69, 9.17) is 4.74 Å². The van der Waals surface area contributed by atoms with Crippen LogP contribution in [0.1, 0.15) is 32.1 Å². The fourth-order valence-corrected chi connectivity index (χ4v) is 2.17. The van der Waals surface area contributed by atoms with Crippen LogP contribution in [-0.2, 0) is 9.53 Å². The summed E-state index contributed by atoms with van der Waals surface area (Å²) in [4.78, 5) is 11.0. The monoisotopic (exact) mass is 180 g/mol. The molecule has 1 fully saturated rings. The Bertz CT molecular complexity index is 224. The molecular weight excluding hydrogens is 164 g/mol. The summed E-state index contributed by atoms with van der Waals surface area (Å²) in [5, 5.41) is 0. The van der Waals surface area contributed by atoms with E-state index in [1.54, 1.807) is 0 Å². The average Bonchev–Trinajstić information content (AvgIpc) is 2.20. The summed E-state index contributed by atoms with van der Waals surface area (Å²) in [7, 11) is 0. The number of carbonyl (C=O) groups excluding carboxylic acids is 1. The Morgan fingerprint density at radius 2 is 2.00 bits per heavy atom. The van der Waals surface area contributed by atoms with Gasteiger partial charge in [0.25, 0.3) is 0 Å². The van der Waals surface area contributed by atoms with Gasteiger partial charge >= 0.3 is 0 Å². The number of Topliss-reactive ketones (excluding diaryl/α,β-unsaturated/α-hetero) is 1. The van der Waals surface area contributed by atoms with Crippen LogP contribution in [0, 0.1) is 5.92 Å². The van der Waals surface area contributed by atoms with E-state index in [-0.39, 0.29) is 0 Å². The zero-order valence-corrected chi connectivity index (χ0v) is 7.92. The topological polar surface area (TPSA) is 26.3 Å². The molecule has 0 N–H and O–H groups in total. The highest BCUT2D eigenvalue weighted by Crippen LogP contribution is 2.29. The van der Waals surface area contributed by atoms with Crippen LogP contribution in [0.5, 0.6) is 0 Å². The molecule has 1 aliphatic heterocycles. The first-order valence-corrected chi connectivity index (χ1v) is 5.14. The number of allylic oxidation sites excluding steroid dienone is 2. The molecule has 2 aliphatic rings. The van der Waals surface area contributed by atoms with Crippen molar-refractivity contribution in [3.63, 3.8) is 0 Å². The molecule has 0 aromatic rings. The minimum Gasteiger partial charge on any atom is -0.381 e. The zero-order chi connectivity index (χ0) is 9.10. The van der Waals surface area contributed by atoms with E-state index in [2.05, 4.69) is 6.08 Å². The Hall–Kier alpha value is -0.630. The minimum atomic E-state index is 0.399. The van der Waals surface area contributed by atoms with Gasteiger partial charge in [-0.25, -0.2) is 0 Å². The number of ether oxygens (including phenoxy) is 1. The third-order valence-electron chi connectivity index (χ3n) is 3.03. The van der Waals surface area contributed by atoms with Gasteiger partial charge in [0, 0.05) is 26.1 Å². The van der Waals surface area contributed by atoms with E-state index >= 15 is 0 Å². The molecule has 2 heteroatoms. The second-order valence-electron chi connectivity index (χ2n) is 3.91. The maximum absolute atomic E-state index is 11.0. The molecule has 1 aliphatic carbocycles. The van der Waals surface area contributed by atoms with Gasteiger partial charge in [-0.05, 0) is 25.2 Å². The lowest BCUT2D eigenvalue weighted by molar-refractivity contribution is -0.118. The van der Waals surface area contributed by atoms with Gasteiger partial charge in [-0.2, -0.15) is 0 Å². The first-order valence-electron chi connectivity index (χ1n) is 5.14. The van der Waals surface area contributed by atoms with Gasteiger partial charge in [0.2, 0.25) is 0 Å². The van der Waals surface area contributed by atoms with Crippen molar-refractivity contribution in [3.8, 4) is 0 Å². The lowest BCUT2D eigenvalue weighted by Crippen LogP contribution is -2.19. The fourth-order valence-electron chi connectivity index (χ4n) is 2.17. The molecule has 1 heterocycles. The molecule has 1 saturated heterocycles. The zero-order valence-electron chi connectivity index (χ0n) is 7.92. The molecule has 0 bridgehead atoms. The van der Waals surface area contributed by atoms with Gasteiger partial charge in [-0.15, -0.1) is 0 Å². The molecule has 0 unspecified atom stereocenters. The average molecular weight is 180 g/mol. The van der Waals surface area contributed by atoms with Crippen LogP contribution < -0.4 is 0 Å². The number of carbonyl (C=O) groups is 1. The molecule has 0 saturated carbocycles. The molecule has 72 valence electrons. The highest BCUT2D eigenvalue weighted by atomic mass is 16.5. The Labute approximate surface area is 79.0 Å². The van der Waals surface area contributed by atoms with Gasteiger partial charge in [0.15, 0.2) is 0 Å². The van der Waals surface area contributed by atoms with Crippen molar-refractivity contribution in [1.29, 1.82) is 0 Å². The van der Waals surface area contributed by atoms with Crippen LogP contribution in [0.4, 0.5) is 0 Å². The van der Waals surface area contributed by atoms with Crippen LogP contribution in [0.3, 0.4) is 0 Å². The van der Waals surface area contributed by atoms with Crippen molar-refractivity contribution in [1.82, 2.24) is 0 Å². The van der Waals surface area contributed by atoms with Crippen molar-refractivity contribution in [2.45, 2.75) is 32.1 Å². The summed E-state index contributed by atoms with van der Waals surface area (Å²) in [6.45, 7) is 1.80. The minimum absolute atomic E-state index is 0.399. The summed E-state index contributed by atoms with van der Waals surface area (Å²) in [5.41, 5.74) is 1.52. The van der Waals surface area contributed by atoms with Gasteiger partial charge in [0.05, 0.1) is 0 Å². The largest absolute Gasteiger partial charge is 0.381 e. The molecule has 0 atom stereocenters. The molecule has 0 aromatic heterocycles. The number of hydrogen-bond acceptors (Lipinski definition) is 2. The first-order chi connectivity index (χ1) is 6.36. The molecule has 0 amide bonds. The summed E-state index contributed by atoms with van der Waals surface area (Å²) in [5.74, 6) is 1.11. The van der Waals surface area contributed by atoms with E-state index in [0.717, 1.165) is 38.9 Å².